The number of carbonyl (C=O) groups excluding carboxylic acids is 1. The van der Waals surface area contributed by atoms with Crippen molar-refractivity contribution in [2.24, 2.45) is 5.92 Å². The summed E-state index contributed by atoms with van der Waals surface area (Å²) in [5.74, 6) is 2.72. The van der Waals surface area contributed by atoms with Gasteiger partial charge in [0.1, 0.15) is 5.82 Å². The molecule has 3 aromatic rings. The molecule has 2 N–H and O–H groups in total. The minimum absolute atomic E-state index is 0.0514. The van der Waals surface area contributed by atoms with Crippen LogP contribution in [-0.4, -0.2) is 39.2 Å². The molecule has 1 saturated heterocycles. The van der Waals surface area contributed by atoms with E-state index >= 15 is 0 Å². The number of benzene rings is 1. The van der Waals surface area contributed by atoms with Crippen LogP contribution in [0.5, 0.6) is 0 Å². The fourth-order valence-corrected chi connectivity index (χ4v) is 5.13. The van der Waals surface area contributed by atoms with Crippen LogP contribution in [0.3, 0.4) is 0 Å². The van der Waals surface area contributed by atoms with Crippen molar-refractivity contribution in [2.75, 3.05) is 18.0 Å². The summed E-state index contributed by atoms with van der Waals surface area (Å²) in [6.07, 6.45) is 7.38. The van der Waals surface area contributed by atoms with Crippen LogP contribution in [-0.2, 0) is 24.2 Å². The Bertz CT molecular complexity index is 1140. The van der Waals surface area contributed by atoms with Crippen molar-refractivity contribution in [1.82, 2.24) is 25.5 Å². The van der Waals surface area contributed by atoms with Gasteiger partial charge >= 0.3 is 0 Å². The average Bonchev–Trinajstić information content (AvgIpc) is 3.41. The molecule has 170 valence electrons. The van der Waals surface area contributed by atoms with Crippen molar-refractivity contribution in [1.29, 1.82) is 0 Å². The highest BCUT2D eigenvalue weighted by atomic mass is 16.1. The SMILES string of the molecule is O=C(NCc1cc(C2CC2)n[nH]1)C1CCN(c2nc(-c3ccccc3)nc3c2CCC3)CC1. The maximum atomic E-state index is 12.8. The van der Waals surface area contributed by atoms with Gasteiger partial charge in [0.15, 0.2) is 5.82 Å². The van der Waals surface area contributed by atoms with Crippen LogP contribution >= 0.6 is 0 Å². The summed E-state index contributed by atoms with van der Waals surface area (Å²) in [7, 11) is 0. The molecular formula is C26H30N6O. The van der Waals surface area contributed by atoms with Gasteiger partial charge in [-0.3, -0.25) is 9.89 Å². The summed E-state index contributed by atoms with van der Waals surface area (Å²) in [4.78, 5) is 25.1. The summed E-state index contributed by atoms with van der Waals surface area (Å²) in [5, 5.41) is 10.6. The summed E-state index contributed by atoms with van der Waals surface area (Å²) in [6.45, 7) is 2.23. The van der Waals surface area contributed by atoms with Crippen LogP contribution in [0.1, 0.15) is 60.7 Å². The highest BCUT2D eigenvalue weighted by molar-refractivity contribution is 5.79. The Morgan fingerprint density at radius 1 is 1.06 bits per heavy atom. The first-order valence-corrected chi connectivity index (χ1v) is 12.3. The van der Waals surface area contributed by atoms with Crippen LogP contribution < -0.4 is 10.2 Å². The van der Waals surface area contributed by atoms with E-state index in [1.54, 1.807) is 0 Å². The maximum absolute atomic E-state index is 12.8. The third-order valence-corrected chi connectivity index (χ3v) is 7.21. The second-order valence-electron chi connectivity index (χ2n) is 9.59. The van der Waals surface area contributed by atoms with Crippen LogP contribution in [0.4, 0.5) is 5.82 Å². The molecule has 1 saturated carbocycles. The van der Waals surface area contributed by atoms with E-state index in [0.29, 0.717) is 12.5 Å². The molecule has 2 fully saturated rings. The van der Waals surface area contributed by atoms with Gasteiger partial charge in [0, 0.05) is 41.7 Å². The van der Waals surface area contributed by atoms with Gasteiger partial charge < -0.3 is 10.2 Å². The Kier molecular flexibility index (Phi) is 5.32. The predicted molar refractivity (Wildman–Crippen MR) is 127 cm³/mol. The Labute approximate surface area is 194 Å². The zero-order valence-electron chi connectivity index (χ0n) is 18.9. The number of nitrogens with zero attached hydrogens (tertiary/aromatic N) is 4. The van der Waals surface area contributed by atoms with Crippen molar-refractivity contribution in [3.8, 4) is 11.4 Å². The largest absolute Gasteiger partial charge is 0.356 e. The van der Waals surface area contributed by atoms with Crippen LogP contribution in [0.2, 0.25) is 0 Å². The number of hydrogen-bond donors (Lipinski definition) is 2. The fraction of sp³-hybridized carbons (Fsp3) is 0.462. The molecule has 3 aliphatic rings. The van der Waals surface area contributed by atoms with Gasteiger partial charge in [-0.25, -0.2) is 9.97 Å². The topological polar surface area (TPSA) is 86.8 Å². The minimum Gasteiger partial charge on any atom is -0.356 e. The average molecular weight is 443 g/mol. The number of hydrogen-bond acceptors (Lipinski definition) is 5. The maximum Gasteiger partial charge on any atom is 0.223 e. The van der Waals surface area contributed by atoms with E-state index < -0.39 is 0 Å². The second kappa shape index (κ2) is 8.61. The Balaban J connectivity index is 1.11. The molecule has 1 aliphatic heterocycles. The summed E-state index contributed by atoms with van der Waals surface area (Å²) in [5.41, 5.74) is 5.70. The number of aromatic amines is 1. The lowest BCUT2D eigenvalue weighted by atomic mass is 9.95. The molecule has 1 amide bonds. The van der Waals surface area contributed by atoms with Crippen molar-refractivity contribution in [2.45, 2.75) is 57.4 Å². The molecule has 1 aromatic carbocycles. The fourth-order valence-electron chi connectivity index (χ4n) is 5.13. The number of carbonyl (C=O) groups is 1. The number of amides is 1. The Morgan fingerprint density at radius 3 is 2.67 bits per heavy atom. The van der Waals surface area contributed by atoms with Gasteiger partial charge in [0.25, 0.3) is 0 Å². The summed E-state index contributed by atoms with van der Waals surface area (Å²) < 4.78 is 0. The smallest absolute Gasteiger partial charge is 0.223 e. The number of piperidine rings is 1. The molecule has 33 heavy (non-hydrogen) atoms. The molecule has 7 nitrogen and oxygen atoms in total. The zero-order chi connectivity index (χ0) is 22.2. The van der Waals surface area contributed by atoms with Gasteiger partial charge in [0.05, 0.1) is 17.9 Å². The summed E-state index contributed by atoms with van der Waals surface area (Å²) in [6, 6.07) is 12.3. The van der Waals surface area contributed by atoms with Gasteiger partial charge in [-0.05, 0) is 51.0 Å². The molecule has 0 atom stereocenters. The normalized spacial score (nSPS) is 18.4. The van der Waals surface area contributed by atoms with Crippen molar-refractivity contribution in [3.63, 3.8) is 0 Å². The quantitative estimate of drug-likeness (QED) is 0.607. The predicted octanol–water partition coefficient (Wildman–Crippen LogP) is 3.77. The zero-order valence-corrected chi connectivity index (χ0v) is 18.9. The first-order chi connectivity index (χ1) is 16.2. The van der Waals surface area contributed by atoms with Gasteiger partial charge in [-0.2, -0.15) is 5.10 Å². The standard InChI is InChI=1S/C26H30N6O/c33-26(27-16-20-15-23(31-30-20)17-9-10-17)19-11-13-32(14-12-19)25-21-7-4-8-22(21)28-24(29-25)18-5-2-1-3-6-18/h1-3,5-6,15,17,19H,4,7-14,16H2,(H,27,33)(H,30,31). The van der Waals surface area contributed by atoms with E-state index in [1.165, 1.54) is 24.1 Å². The second-order valence-corrected chi connectivity index (χ2v) is 9.59. The number of rotatable bonds is 6. The molecule has 7 heteroatoms. The molecule has 0 unspecified atom stereocenters. The van der Waals surface area contributed by atoms with E-state index in [4.69, 9.17) is 9.97 Å². The minimum atomic E-state index is 0.0514. The Morgan fingerprint density at radius 2 is 1.88 bits per heavy atom. The van der Waals surface area contributed by atoms with Crippen LogP contribution in [0.15, 0.2) is 36.4 Å². The monoisotopic (exact) mass is 442 g/mol. The molecule has 0 radical (unpaired) electrons. The number of anilines is 1. The van der Waals surface area contributed by atoms with E-state index in [-0.39, 0.29) is 11.8 Å². The lowest BCUT2D eigenvalue weighted by Crippen LogP contribution is -2.41. The third-order valence-electron chi connectivity index (χ3n) is 7.21. The lowest BCUT2D eigenvalue weighted by molar-refractivity contribution is -0.125. The molecule has 6 rings (SSSR count). The van der Waals surface area contributed by atoms with E-state index in [9.17, 15) is 4.79 Å². The van der Waals surface area contributed by atoms with E-state index in [0.717, 1.165) is 73.8 Å². The number of aryl methyl sites for hydroxylation is 1. The lowest BCUT2D eigenvalue weighted by Gasteiger charge is -2.33. The van der Waals surface area contributed by atoms with E-state index in [2.05, 4.69) is 38.6 Å². The summed E-state index contributed by atoms with van der Waals surface area (Å²) >= 11 is 0. The van der Waals surface area contributed by atoms with Gasteiger partial charge in [-0.1, -0.05) is 30.3 Å². The highest BCUT2D eigenvalue weighted by Gasteiger charge is 2.30. The number of nitrogens with one attached hydrogen (secondary N) is 2. The molecule has 2 aromatic heterocycles. The van der Waals surface area contributed by atoms with Crippen molar-refractivity contribution >= 4 is 11.7 Å². The van der Waals surface area contributed by atoms with Crippen LogP contribution in [0, 0.1) is 5.92 Å². The molecule has 3 heterocycles. The first-order valence-electron chi connectivity index (χ1n) is 12.3. The number of aromatic nitrogens is 4. The molecule has 0 spiro atoms. The number of fused-ring (bicyclic) bond motifs is 1. The Hall–Kier alpha value is -3.22. The third kappa shape index (κ3) is 4.24. The molecule has 2 aliphatic carbocycles. The number of H-pyrrole nitrogens is 1. The molecule has 0 bridgehead atoms. The van der Waals surface area contributed by atoms with Crippen molar-refractivity contribution < 1.29 is 4.79 Å². The van der Waals surface area contributed by atoms with Gasteiger partial charge in [0.2, 0.25) is 5.91 Å². The van der Waals surface area contributed by atoms with Crippen molar-refractivity contribution in [3.05, 3.63) is 59.0 Å². The van der Waals surface area contributed by atoms with Crippen LogP contribution in [0.25, 0.3) is 11.4 Å². The van der Waals surface area contributed by atoms with Gasteiger partial charge in [-0.15, -0.1) is 0 Å². The molecular weight excluding hydrogens is 412 g/mol. The highest BCUT2D eigenvalue weighted by Crippen LogP contribution is 2.39. The first kappa shape index (κ1) is 20.4. The van der Waals surface area contributed by atoms with E-state index in [1.807, 2.05) is 18.2 Å².